The number of methoxy groups -OCH3 is 1. The molecule has 2 amide bonds. The van der Waals surface area contributed by atoms with Crippen LogP contribution >= 0.6 is 0 Å². The maximum atomic E-state index is 12.4. The zero-order valence-corrected chi connectivity index (χ0v) is 18.4. The molecule has 8 nitrogen and oxygen atoms in total. The summed E-state index contributed by atoms with van der Waals surface area (Å²) in [6, 6.07) is 20.6. The highest BCUT2D eigenvalue weighted by Gasteiger charge is 2.13. The van der Waals surface area contributed by atoms with Gasteiger partial charge in [-0.25, -0.2) is 4.79 Å². The van der Waals surface area contributed by atoms with Gasteiger partial charge in [-0.15, -0.1) is 0 Å². The fourth-order valence-corrected chi connectivity index (χ4v) is 3.36. The summed E-state index contributed by atoms with van der Waals surface area (Å²) in [7, 11) is 1.66. The number of carbonyl (C=O) groups is 1. The molecule has 0 aliphatic carbocycles. The van der Waals surface area contributed by atoms with Crippen molar-refractivity contribution in [2.24, 2.45) is 0 Å². The summed E-state index contributed by atoms with van der Waals surface area (Å²) in [6.07, 6.45) is 0. The Balaban J connectivity index is 1.28. The molecule has 33 heavy (non-hydrogen) atoms. The van der Waals surface area contributed by atoms with Crippen LogP contribution in [0.5, 0.6) is 17.2 Å². The Labute approximate surface area is 192 Å². The third-order valence-corrected chi connectivity index (χ3v) is 5.01. The van der Waals surface area contributed by atoms with E-state index in [9.17, 15) is 4.79 Å². The van der Waals surface area contributed by atoms with Gasteiger partial charge < -0.3 is 34.9 Å². The highest BCUT2D eigenvalue weighted by molar-refractivity contribution is 5.89. The molecule has 1 aliphatic rings. The minimum Gasteiger partial charge on any atom is -0.489 e. The lowest BCUT2D eigenvalue weighted by molar-refractivity contribution is 0.173. The molecule has 0 radical (unpaired) electrons. The Morgan fingerprint density at radius 3 is 2.79 bits per heavy atom. The predicted octanol–water partition coefficient (Wildman–Crippen LogP) is 4.37. The van der Waals surface area contributed by atoms with E-state index in [4.69, 9.17) is 18.9 Å². The lowest BCUT2D eigenvalue weighted by Gasteiger charge is -2.13. The van der Waals surface area contributed by atoms with Crippen molar-refractivity contribution in [2.45, 2.75) is 13.2 Å². The zero-order chi connectivity index (χ0) is 22.9. The molecule has 0 saturated heterocycles. The summed E-state index contributed by atoms with van der Waals surface area (Å²) in [5.74, 6) is 2.08. The van der Waals surface area contributed by atoms with Crippen LogP contribution in [0, 0.1) is 0 Å². The first kappa shape index (κ1) is 22.3. The smallest absolute Gasteiger partial charge is 0.319 e. The Hall–Kier alpha value is -3.91. The van der Waals surface area contributed by atoms with E-state index < -0.39 is 0 Å². The molecular formula is C25H27N3O5. The van der Waals surface area contributed by atoms with Gasteiger partial charge in [0.25, 0.3) is 0 Å². The van der Waals surface area contributed by atoms with Crippen molar-refractivity contribution in [3.63, 3.8) is 0 Å². The summed E-state index contributed by atoms with van der Waals surface area (Å²) < 4.78 is 21.6. The van der Waals surface area contributed by atoms with Crippen LogP contribution in [0.2, 0.25) is 0 Å². The number of rotatable bonds is 10. The summed E-state index contributed by atoms with van der Waals surface area (Å²) in [6.45, 7) is 2.29. The van der Waals surface area contributed by atoms with Gasteiger partial charge in [-0.05, 0) is 41.5 Å². The van der Waals surface area contributed by atoms with Crippen LogP contribution in [0.25, 0.3) is 0 Å². The third-order valence-electron chi connectivity index (χ3n) is 5.01. The summed E-state index contributed by atoms with van der Waals surface area (Å²) >= 11 is 0. The van der Waals surface area contributed by atoms with Crippen LogP contribution in [-0.4, -0.2) is 33.1 Å². The van der Waals surface area contributed by atoms with Crippen molar-refractivity contribution in [1.29, 1.82) is 0 Å². The molecule has 0 saturated carbocycles. The molecule has 0 atom stereocenters. The number of ether oxygens (including phenoxy) is 4. The van der Waals surface area contributed by atoms with E-state index in [0.29, 0.717) is 49.2 Å². The second-order valence-electron chi connectivity index (χ2n) is 7.39. The van der Waals surface area contributed by atoms with Crippen molar-refractivity contribution in [2.75, 3.05) is 37.7 Å². The molecule has 8 heteroatoms. The van der Waals surface area contributed by atoms with Crippen molar-refractivity contribution in [1.82, 2.24) is 5.32 Å². The molecule has 0 unspecified atom stereocenters. The van der Waals surface area contributed by atoms with Crippen molar-refractivity contribution < 1.29 is 23.7 Å². The SMILES string of the molecule is COCCNc1ccccc1CNC(=O)Nc1cccc(COc2ccc3c(c2)OCO3)c1. The van der Waals surface area contributed by atoms with Crippen LogP contribution in [0.3, 0.4) is 0 Å². The molecule has 1 heterocycles. The molecule has 4 rings (SSSR count). The van der Waals surface area contributed by atoms with E-state index in [-0.39, 0.29) is 12.8 Å². The van der Waals surface area contributed by atoms with Gasteiger partial charge in [0.1, 0.15) is 12.4 Å². The van der Waals surface area contributed by atoms with Crippen LogP contribution in [0.1, 0.15) is 11.1 Å². The molecule has 0 fully saturated rings. The van der Waals surface area contributed by atoms with E-state index in [1.807, 2.05) is 60.7 Å². The van der Waals surface area contributed by atoms with Gasteiger partial charge in [-0.3, -0.25) is 0 Å². The molecule has 0 aromatic heterocycles. The topological polar surface area (TPSA) is 90.1 Å². The first-order chi connectivity index (χ1) is 16.2. The van der Waals surface area contributed by atoms with Gasteiger partial charge in [0.15, 0.2) is 11.5 Å². The van der Waals surface area contributed by atoms with Crippen molar-refractivity contribution >= 4 is 17.4 Å². The van der Waals surface area contributed by atoms with E-state index in [0.717, 1.165) is 16.8 Å². The normalized spacial score (nSPS) is 11.7. The fourth-order valence-electron chi connectivity index (χ4n) is 3.36. The molecule has 172 valence electrons. The highest BCUT2D eigenvalue weighted by atomic mass is 16.7. The third kappa shape index (κ3) is 6.30. The van der Waals surface area contributed by atoms with Crippen LogP contribution in [0.4, 0.5) is 16.2 Å². The predicted molar refractivity (Wildman–Crippen MR) is 126 cm³/mol. The van der Waals surface area contributed by atoms with Gasteiger partial charge >= 0.3 is 6.03 Å². The number of carbonyl (C=O) groups excluding carboxylic acids is 1. The van der Waals surface area contributed by atoms with Crippen LogP contribution in [0.15, 0.2) is 66.7 Å². The Morgan fingerprint density at radius 2 is 1.88 bits per heavy atom. The first-order valence-corrected chi connectivity index (χ1v) is 10.7. The minimum atomic E-state index is -0.282. The Morgan fingerprint density at radius 1 is 1.00 bits per heavy atom. The van der Waals surface area contributed by atoms with Crippen molar-refractivity contribution in [3.8, 4) is 17.2 Å². The average molecular weight is 450 g/mol. The summed E-state index contributed by atoms with van der Waals surface area (Å²) in [4.78, 5) is 12.4. The summed E-state index contributed by atoms with van der Waals surface area (Å²) in [5, 5.41) is 9.09. The second kappa shape index (κ2) is 11.1. The number of fused-ring (bicyclic) bond motifs is 1. The monoisotopic (exact) mass is 449 g/mol. The van der Waals surface area contributed by atoms with Crippen LogP contribution < -0.4 is 30.2 Å². The van der Waals surface area contributed by atoms with Crippen molar-refractivity contribution in [3.05, 3.63) is 77.9 Å². The van der Waals surface area contributed by atoms with Gasteiger partial charge in [0.05, 0.1) is 6.61 Å². The van der Waals surface area contributed by atoms with Gasteiger partial charge in [-0.1, -0.05) is 30.3 Å². The molecule has 3 N–H and O–H groups in total. The maximum absolute atomic E-state index is 12.4. The van der Waals surface area contributed by atoms with E-state index in [1.54, 1.807) is 13.2 Å². The number of hydrogen-bond donors (Lipinski definition) is 3. The Kier molecular flexibility index (Phi) is 7.50. The fraction of sp³-hybridized carbons (Fsp3) is 0.240. The number of urea groups is 1. The highest BCUT2D eigenvalue weighted by Crippen LogP contribution is 2.35. The van der Waals surface area contributed by atoms with Gasteiger partial charge in [0.2, 0.25) is 6.79 Å². The lowest BCUT2D eigenvalue weighted by atomic mass is 10.1. The van der Waals surface area contributed by atoms with Gasteiger partial charge in [0, 0.05) is 37.6 Å². The van der Waals surface area contributed by atoms with E-state index >= 15 is 0 Å². The van der Waals surface area contributed by atoms with Crippen LogP contribution in [-0.2, 0) is 17.9 Å². The first-order valence-electron chi connectivity index (χ1n) is 10.7. The average Bonchev–Trinajstić information content (AvgIpc) is 3.30. The number of nitrogens with one attached hydrogen (secondary N) is 3. The molecule has 3 aromatic carbocycles. The quantitative estimate of drug-likeness (QED) is 0.398. The number of para-hydroxylation sites is 1. The second-order valence-corrected chi connectivity index (χ2v) is 7.39. The molecule has 0 spiro atoms. The number of benzene rings is 3. The lowest BCUT2D eigenvalue weighted by Crippen LogP contribution is -2.28. The molecule has 1 aliphatic heterocycles. The van der Waals surface area contributed by atoms with E-state index in [1.165, 1.54) is 0 Å². The minimum absolute atomic E-state index is 0.227. The molecule has 3 aromatic rings. The summed E-state index contributed by atoms with van der Waals surface area (Å²) in [5.41, 5.74) is 3.58. The maximum Gasteiger partial charge on any atom is 0.319 e. The number of amides is 2. The zero-order valence-electron chi connectivity index (χ0n) is 18.4. The van der Waals surface area contributed by atoms with E-state index in [2.05, 4.69) is 16.0 Å². The molecule has 0 bridgehead atoms. The molecular weight excluding hydrogens is 422 g/mol. The Bertz CT molecular complexity index is 1090. The number of anilines is 2. The standard InChI is InChI=1S/C25H27N3O5/c1-30-12-11-26-22-8-3-2-6-19(22)15-27-25(29)28-20-7-4-5-18(13-20)16-31-21-9-10-23-24(14-21)33-17-32-23/h2-10,13-14,26H,11-12,15-17H2,1H3,(H2,27,28,29). The number of hydrogen-bond acceptors (Lipinski definition) is 6. The van der Waals surface area contributed by atoms with Gasteiger partial charge in [-0.2, -0.15) is 0 Å². The largest absolute Gasteiger partial charge is 0.489 e.